The van der Waals surface area contributed by atoms with Gasteiger partial charge in [0.2, 0.25) is 5.91 Å². The van der Waals surface area contributed by atoms with E-state index in [9.17, 15) is 4.79 Å². The molecule has 4 rings (SSSR count). The van der Waals surface area contributed by atoms with Crippen LogP contribution in [0.15, 0.2) is 24.3 Å². The van der Waals surface area contributed by atoms with E-state index in [2.05, 4.69) is 52.8 Å². The first-order chi connectivity index (χ1) is 13.8. The van der Waals surface area contributed by atoms with Crippen LogP contribution in [0.25, 0.3) is 0 Å². The van der Waals surface area contributed by atoms with E-state index >= 15 is 0 Å². The third-order valence-corrected chi connectivity index (χ3v) is 6.33. The van der Waals surface area contributed by atoms with Gasteiger partial charge in [0.1, 0.15) is 11.4 Å². The first-order valence-electron chi connectivity index (χ1n) is 10.6. The zero-order valence-electron chi connectivity index (χ0n) is 18.1. The highest BCUT2D eigenvalue weighted by Gasteiger charge is 2.41. The van der Waals surface area contributed by atoms with Crippen LogP contribution in [-0.4, -0.2) is 57.3 Å². The van der Waals surface area contributed by atoms with Crippen molar-refractivity contribution in [2.24, 2.45) is 0 Å². The molecule has 0 unspecified atom stereocenters. The molecule has 0 saturated carbocycles. The van der Waals surface area contributed by atoms with Gasteiger partial charge in [0.05, 0.1) is 18.8 Å². The maximum absolute atomic E-state index is 12.3. The van der Waals surface area contributed by atoms with Gasteiger partial charge in [-0.15, -0.1) is 0 Å². The molecule has 29 heavy (non-hydrogen) atoms. The van der Waals surface area contributed by atoms with Gasteiger partial charge in [0.25, 0.3) is 0 Å². The number of amides is 1. The number of fused-ring (bicyclic) bond motifs is 1. The van der Waals surface area contributed by atoms with Crippen LogP contribution in [-0.2, 0) is 17.9 Å². The van der Waals surface area contributed by atoms with Gasteiger partial charge in [-0.2, -0.15) is 5.10 Å². The molecule has 0 radical (unpaired) electrons. The molecule has 0 atom stereocenters. The van der Waals surface area contributed by atoms with Crippen molar-refractivity contribution in [3.63, 3.8) is 0 Å². The van der Waals surface area contributed by atoms with E-state index in [1.165, 1.54) is 11.3 Å². The van der Waals surface area contributed by atoms with Crippen molar-refractivity contribution in [1.82, 2.24) is 19.6 Å². The third-order valence-electron chi connectivity index (χ3n) is 6.33. The molecule has 2 aliphatic rings. The maximum atomic E-state index is 12.3. The number of aryl methyl sites for hydroxylation is 3. The number of aromatic nitrogens is 2. The lowest BCUT2D eigenvalue weighted by molar-refractivity contribution is -0.132. The predicted octanol–water partition coefficient (Wildman–Crippen LogP) is 3.08. The molecular formula is C23H32N4O2. The van der Waals surface area contributed by atoms with Crippen LogP contribution in [0, 0.1) is 20.8 Å². The Morgan fingerprint density at radius 1 is 1.14 bits per heavy atom. The molecule has 156 valence electrons. The van der Waals surface area contributed by atoms with Crippen LogP contribution in [0.5, 0.6) is 5.75 Å². The van der Waals surface area contributed by atoms with Crippen molar-refractivity contribution in [3.05, 3.63) is 46.8 Å². The molecule has 0 bridgehead atoms. The summed E-state index contributed by atoms with van der Waals surface area (Å²) in [6, 6.07) is 8.44. The Kier molecular flexibility index (Phi) is 5.38. The summed E-state index contributed by atoms with van der Waals surface area (Å²) in [6.45, 7) is 13.1. The summed E-state index contributed by atoms with van der Waals surface area (Å²) in [6.07, 6.45) is 1.86. The minimum absolute atomic E-state index is 0.120. The number of benzene rings is 1. The highest BCUT2D eigenvalue weighted by atomic mass is 16.5. The Bertz CT molecular complexity index is 896. The number of ether oxygens (including phenoxy) is 1. The second kappa shape index (κ2) is 7.82. The summed E-state index contributed by atoms with van der Waals surface area (Å²) in [5.41, 5.74) is 4.31. The number of rotatable bonds is 3. The lowest BCUT2D eigenvalue weighted by Gasteiger charge is -2.42. The first-order valence-corrected chi connectivity index (χ1v) is 10.6. The molecule has 1 fully saturated rings. The molecule has 0 aliphatic carbocycles. The smallest absolute Gasteiger partial charge is 0.219 e. The Hall–Kier alpha value is -2.34. The summed E-state index contributed by atoms with van der Waals surface area (Å²) < 4.78 is 8.71. The quantitative estimate of drug-likeness (QED) is 0.800. The van der Waals surface area contributed by atoms with Crippen LogP contribution in [0.3, 0.4) is 0 Å². The van der Waals surface area contributed by atoms with Gasteiger partial charge in [0, 0.05) is 57.2 Å². The molecule has 2 aliphatic heterocycles. The van der Waals surface area contributed by atoms with E-state index in [0.29, 0.717) is 13.1 Å². The fourth-order valence-electron chi connectivity index (χ4n) is 4.61. The van der Waals surface area contributed by atoms with E-state index in [1.807, 2.05) is 11.8 Å². The average Bonchev–Trinajstić information content (AvgIpc) is 2.90. The van der Waals surface area contributed by atoms with E-state index in [-0.39, 0.29) is 11.5 Å². The monoisotopic (exact) mass is 396 g/mol. The number of carbonyl (C=O) groups is 1. The molecule has 1 saturated heterocycles. The Labute approximate surface area is 173 Å². The van der Waals surface area contributed by atoms with Crippen molar-refractivity contribution in [2.75, 3.05) is 26.2 Å². The Morgan fingerprint density at radius 3 is 2.55 bits per heavy atom. The van der Waals surface area contributed by atoms with Crippen LogP contribution >= 0.6 is 0 Å². The number of nitrogens with zero attached hydrogens (tertiary/aromatic N) is 4. The summed E-state index contributed by atoms with van der Waals surface area (Å²) >= 11 is 0. The van der Waals surface area contributed by atoms with Crippen LogP contribution in [0.4, 0.5) is 0 Å². The largest absolute Gasteiger partial charge is 0.485 e. The van der Waals surface area contributed by atoms with Gasteiger partial charge in [-0.1, -0.05) is 17.7 Å². The topological polar surface area (TPSA) is 50.6 Å². The van der Waals surface area contributed by atoms with Gasteiger partial charge in [-0.05, 0) is 32.9 Å². The van der Waals surface area contributed by atoms with Gasteiger partial charge in [0.15, 0.2) is 0 Å². The fourth-order valence-corrected chi connectivity index (χ4v) is 4.61. The lowest BCUT2D eigenvalue weighted by atomic mass is 9.90. The number of hydrogen-bond acceptors (Lipinski definition) is 4. The number of likely N-dealkylation sites (tertiary alicyclic amines) is 1. The molecule has 1 amide bonds. The zero-order chi connectivity index (χ0) is 20.6. The number of piperidine rings is 1. The van der Waals surface area contributed by atoms with E-state index in [1.54, 1.807) is 6.92 Å². The Balaban J connectivity index is 1.45. The van der Waals surface area contributed by atoms with Crippen molar-refractivity contribution >= 4 is 5.91 Å². The molecular weight excluding hydrogens is 364 g/mol. The van der Waals surface area contributed by atoms with Crippen molar-refractivity contribution in [1.29, 1.82) is 0 Å². The maximum Gasteiger partial charge on any atom is 0.219 e. The standard InChI is InChI=1S/C23H32N4O2/c1-17-5-6-22-21(13-17)15-26(20(4)28)16-23(29-22)7-9-25(10-8-23)11-12-27-19(3)14-18(2)24-27/h5-6,13-14H,7-12,15-16H2,1-4H3. The minimum Gasteiger partial charge on any atom is -0.485 e. The molecule has 1 aromatic heterocycles. The summed E-state index contributed by atoms with van der Waals surface area (Å²) in [5.74, 6) is 1.06. The molecule has 3 heterocycles. The normalized spacial score (nSPS) is 19.0. The van der Waals surface area contributed by atoms with Crippen LogP contribution in [0.2, 0.25) is 0 Å². The number of carbonyl (C=O) groups excluding carboxylic acids is 1. The zero-order valence-corrected chi connectivity index (χ0v) is 18.1. The van der Waals surface area contributed by atoms with Crippen LogP contribution in [0.1, 0.15) is 42.3 Å². The summed E-state index contributed by atoms with van der Waals surface area (Å²) in [4.78, 5) is 16.7. The SMILES string of the molecule is CC(=O)N1Cc2cc(C)ccc2OC2(CCN(CCn3nc(C)cc3C)CC2)C1. The molecule has 6 heteroatoms. The summed E-state index contributed by atoms with van der Waals surface area (Å²) in [5, 5.41) is 4.57. The van der Waals surface area contributed by atoms with E-state index < -0.39 is 0 Å². The minimum atomic E-state index is -0.291. The third kappa shape index (κ3) is 4.32. The Morgan fingerprint density at radius 2 is 1.90 bits per heavy atom. The van der Waals surface area contributed by atoms with Crippen molar-refractivity contribution < 1.29 is 9.53 Å². The highest BCUT2D eigenvalue weighted by molar-refractivity contribution is 5.73. The highest BCUT2D eigenvalue weighted by Crippen LogP contribution is 2.36. The number of hydrogen-bond donors (Lipinski definition) is 0. The molecule has 2 aromatic rings. The molecule has 6 nitrogen and oxygen atoms in total. The molecule has 1 spiro atoms. The van der Waals surface area contributed by atoms with Crippen molar-refractivity contribution in [2.45, 2.75) is 59.2 Å². The van der Waals surface area contributed by atoms with Gasteiger partial charge < -0.3 is 14.5 Å². The predicted molar refractivity (Wildman–Crippen MR) is 113 cm³/mol. The van der Waals surface area contributed by atoms with E-state index in [0.717, 1.165) is 56.0 Å². The lowest BCUT2D eigenvalue weighted by Crippen LogP contribution is -2.54. The second-order valence-electron chi connectivity index (χ2n) is 8.76. The van der Waals surface area contributed by atoms with Crippen LogP contribution < -0.4 is 4.74 Å². The summed E-state index contributed by atoms with van der Waals surface area (Å²) in [7, 11) is 0. The fraction of sp³-hybridized carbons (Fsp3) is 0.565. The first kappa shape index (κ1) is 20.0. The average molecular weight is 397 g/mol. The van der Waals surface area contributed by atoms with Crippen molar-refractivity contribution in [3.8, 4) is 5.75 Å². The van der Waals surface area contributed by atoms with Gasteiger partial charge in [-0.3, -0.25) is 9.48 Å². The second-order valence-corrected chi connectivity index (χ2v) is 8.76. The van der Waals surface area contributed by atoms with E-state index in [4.69, 9.17) is 4.74 Å². The van der Waals surface area contributed by atoms with Gasteiger partial charge in [-0.25, -0.2) is 0 Å². The van der Waals surface area contributed by atoms with Gasteiger partial charge >= 0.3 is 0 Å². The molecule has 1 aromatic carbocycles. The molecule has 0 N–H and O–H groups in total.